The van der Waals surface area contributed by atoms with Gasteiger partial charge in [0.15, 0.2) is 0 Å². The third-order valence-electron chi connectivity index (χ3n) is 9.71. The molecule has 4 aliphatic carbocycles. The van der Waals surface area contributed by atoms with Gasteiger partial charge in [-0.15, -0.1) is 0 Å². The Kier molecular flexibility index (Phi) is 4.56. The number of hydrogen-bond donors (Lipinski definition) is 2. The van der Waals surface area contributed by atoms with Crippen LogP contribution < -0.4 is 5.32 Å². The summed E-state index contributed by atoms with van der Waals surface area (Å²) in [4.78, 5) is 0. The molecule has 0 amide bonds. The van der Waals surface area contributed by atoms with Gasteiger partial charge in [0.25, 0.3) is 0 Å². The average Bonchev–Trinajstić information content (AvgIpc) is 2.84. The van der Waals surface area contributed by atoms with E-state index < -0.39 is 5.60 Å². The van der Waals surface area contributed by atoms with E-state index in [1.807, 2.05) is 0 Å². The average molecular weight is 348 g/mol. The maximum absolute atomic E-state index is 11.6. The quantitative estimate of drug-likeness (QED) is 0.740. The van der Waals surface area contributed by atoms with E-state index in [0.29, 0.717) is 11.5 Å². The van der Waals surface area contributed by atoms with E-state index in [9.17, 15) is 5.11 Å². The third kappa shape index (κ3) is 2.64. The molecule has 0 saturated heterocycles. The highest BCUT2D eigenvalue weighted by molar-refractivity contribution is 5.14. The first-order valence-electron chi connectivity index (χ1n) is 11.3. The number of aliphatic hydroxyl groups is 1. The summed E-state index contributed by atoms with van der Waals surface area (Å²) in [5, 5.41) is 15.2. The minimum absolute atomic E-state index is 0.133. The fourth-order valence-corrected chi connectivity index (χ4v) is 8.07. The van der Waals surface area contributed by atoms with E-state index in [1.54, 1.807) is 0 Å². The van der Waals surface area contributed by atoms with Crippen molar-refractivity contribution >= 4 is 0 Å². The summed E-state index contributed by atoms with van der Waals surface area (Å²) in [6.07, 6.45) is 13.7. The lowest BCUT2D eigenvalue weighted by atomic mass is 9.44. The van der Waals surface area contributed by atoms with Crippen LogP contribution in [0.4, 0.5) is 0 Å². The molecule has 4 saturated carbocycles. The molecular weight excluding hydrogens is 306 g/mol. The molecule has 4 aliphatic rings. The molecule has 2 nitrogen and oxygen atoms in total. The fourth-order valence-electron chi connectivity index (χ4n) is 8.07. The molecule has 7 atom stereocenters. The Morgan fingerprint density at radius 1 is 0.920 bits per heavy atom. The minimum atomic E-state index is -0.489. The molecule has 0 radical (unpaired) electrons. The Hall–Kier alpha value is -0.0800. The molecule has 4 rings (SSSR count). The molecule has 2 heteroatoms. The predicted molar refractivity (Wildman–Crippen MR) is 104 cm³/mol. The topological polar surface area (TPSA) is 32.3 Å². The summed E-state index contributed by atoms with van der Waals surface area (Å²) >= 11 is 0. The van der Waals surface area contributed by atoms with Crippen molar-refractivity contribution in [2.24, 2.45) is 34.5 Å². The largest absolute Gasteiger partial charge is 0.388 e. The molecule has 0 unspecified atom stereocenters. The van der Waals surface area contributed by atoms with E-state index in [2.05, 4.69) is 33.0 Å². The summed E-state index contributed by atoms with van der Waals surface area (Å²) < 4.78 is 0. The fraction of sp³-hybridized carbons (Fsp3) is 1.00. The van der Waals surface area contributed by atoms with Gasteiger partial charge in [-0.3, -0.25) is 0 Å². The Balaban J connectivity index is 1.57. The van der Waals surface area contributed by atoms with Gasteiger partial charge in [0, 0.05) is 18.0 Å². The Labute approximate surface area is 155 Å². The summed E-state index contributed by atoms with van der Waals surface area (Å²) in [5.74, 6) is 3.57. The van der Waals surface area contributed by atoms with Crippen molar-refractivity contribution in [2.75, 3.05) is 6.54 Å². The zero-order valence-corrected chi connectivity index (χ0v) is 17.1. The molecule has 0 aromatic heterocycles. The predicted octanol–water partition coefficient (Wildman–Crippen LogP) is 5.15. The van der Waals surface area contributed by atoms with Crippen molar-refractivity contribution in [2.45, 2.75) is 104 Å². The van der Waals surface area contributed by atoms with E-state index >= 15 is 0 Å². The van der Waals surface area contributed by atoms with Gasteiger partial charge >= 0.3 is 0 Å². The first kappa shape index (κ1) is 18.3. The van der Waals surface area contributed by atoms with Crippen LogP contribution in [-0.2, 0) is 0 Å². The lowest BCUT2D eigenvalue weighted by Gasteiger charge is -2.61. The zero-order chi connectivity index (χ0) is 17.9. The number of nitrogens with one attached hydrogen (secondary N) is 1. The van der Waals surface area contributed by atoms with E-state index in [-0.39, 0.29) is 5.41 Å². The van der Waals surface area contributed by atoms with Gasteiger partial charge in [-0.05, 0) is 80.5 Å². The molecule has 144 valence electrons. The number of fused-ring (bicyclic) bond motifs is 5. The number of hydrogen-bond acceptors (Lipinski definition) is 2. The summed E-state index contributed by atoms with van der Waals surface area (Å²) in [7, 11) is 0. The van der Waals surface area contributed by atoms with Gasteiger partial charge in [0.2, 0.25) is 0 Å². The highest BCUT2D eigenvalue weighted by Gasteiger charge is 2.64. The molecule has 0 aromatic rings. The van der Waals surface area contributed by atoms with Gasteiger partial charge in [-0.1, -0.05) is 40.5 Å². The Bertz CT molecular complexity index is 504. The molecule has 25 heavy (non-hydrogen) atoms. The smallest absolute Gasteiger partial charge is 0.0827 e. The minimum Gasteiger partial charge on any atom is -0.388 e. The standard InChI is InChI=1S/C23H41NO/c1-16(2)24-15-23(25)14-11-20-18-9-8-17-7-5-6-12-21(17,3)19(18)10-13-22(20,23)4/h16-20,24-25H,5-15H2,1-4H3/t17-,18+,19-,20-,21-,22-,23+/m0/s1. The lowest BCUT2D eigenvalue weighted by Crippen LogP contribution is -2.58. The van der Waals surface area contributed by atoms with Crippen molar-refractivity contribution < 1.29 is 5.11 Å². The highest BCUT2D eigenvalue weighted by atomic mass is 16.3. The van der Waals surface area contributed by atoms with Crippen molar-refractivity contribution in [3.8, 4) is 0 Å². The summed E-state index contributed by atoms with van der Waals surface area (Å²) in [6.45, 7) is 10.3. The van der Waals surface area contributed by atoms with E-state index in [1.165, 1.54) is 57.8 Å². The van der Waals surface area contributed by atoms with Gasteiger partial charge in [0.05, 0.1) is 5.60 Å². The van der Waals surface area contributed by atoms with Crippen LogP contribution >= 0.6 is 0 Å². The third-order valence-corrected chi connectivity index (χ3v) is 9.71. The molecule has 0 aromatic carbocycles. The van der Waals surface area contributed by atoms with Crippen LogP contribution in [0.3, 0.4) is 0 Å². The van der Waals surface area contributed by atoms with E-state index in [0.717, 1.165) is 36.6 Å². The van der Waals surface area contributed by atoms with Crippen LogP contribution in [0, 0.1) is 34.5 Å². The monoisotopic (exact) mass is 347 g/mol. The van der Waals surface area contributed by atoms with Gasteiger partial charge in [0.1, 0.15) is 0 Å². The summed E-state index contributed by atoms with van der Waals surface area (Å²) in [5.41, 5.74) is 0.254. The first-order valence-corrected chi connectivity index (χ1v) is 11.3. The molecule has 0 heterocycles. The van der Waals surface area contributed by atoms with Crippen molar-refractivity contribution in [3.05, 3.63) is 0 Å². The first-order chi connectivity index (χ1) is 11.8. The van der Waals surface area contributed by atoms with Crippen molar-refractivity contribution in [3.63, 3.8) is 0 Å². The molecular formula is C23H41NO. The van der Waals surface area contributed by atoms with Crippen LogP contribution in [0.2, 0.25) is 0 Å². The molecule has 0 spiro atoms. The van der Waals surface area contributed by atoms with Gasteiger partial charge in [-0.2, -0.15) is 0 Å². The normalized spacial score (nSPS) is 52.6. The van der Waals surface area contributed by atoms with Crippen LogP contribution in [0.15, 0.2) is 0 Å². The van der Waals surface area contributed by atoms with Gasteiger partial charge < -0.3 is 10.4 Å². The van der Waals surface area contributed by atoms with Crippen LogP contribution in [0.5, 0.6) is 0 Å². The molecule has 4 fully saturated rings. The number of rotatable bonds is 3. The summed E-state index contributed by atoms with van der Waals surface area (Å²) in [6, 6.07) is 0.458. The zero-order valence-electron chi connectivity index (χ0n) is 17.1. The van der Waals surface area contributed by atoms with Crippen LogP contribution in [0.1, 0.15) is 91.9 Å². The second-order valence-corrected chi connectivity index (χ2v) is 11.0. The Morgan fingerprint density at radius 3 is 2.44 bits per heavy atom. The molecule has 0 aliphatic heterocycles. The maximum Gasteiger partial charge on any atom is 0.0827 e. The van der Waals surface area contributed by atoms with Gasteiger partial charge in [-0.25, -0.2) is 0 Å². The second-order valence-electron chi connectivity index (χ2n) is 11.0. The SMILES string of the molecule is CC(C)NC[C@]1(O)CC[C@H]2[C@@H]3CC[C@@H]4CCCC[C@]4(C)[C@H]3CC[C@@]21C. The Morgan fingerprint density at radius 2 is 1.68 bits per heavy atom. The highest BCUT2D eigenvalue weighted by Crippen LogP contribution is 2.68. The molecule has 0 bridgehead atoms. The molecule has 2 N–H and O–H groups in total. The van der Waals surface area contributed by atoms with Crippen molar-refractivity contribution in [1.29, 1.82) is 0 Å². The maximum atomic E-state index is 11.6. The lowest BCUT2D eigenvalue weighted by molar-refractivity contribution is -0.150. The van der Waals surface area contributed by atoms with Crippen LogP contribution in [-0.4, -0.2) is 23.3 Å². The second kappa shape index (κ2) is 6.23. The van der Waals surface area contributed by atoms with Crippen molar-refractivity contribution in [1.82, 2.24) is 5.32 Å². The van der Waals surface area contributed by atoms with Crippen LogP contribution in [0.25, 0.3) is 0 Å². The van der Waals surface area contributed by atoms with E-state index in [4.69, 9.17) is 0 Å².